The molecule has 0 atom stereocenters. The lowest BCUT2D eigenvalue weighted by atomic mass is 10.2. The summed E-state index contributed by atoms with van der Waals surface area (Å²) in [7, 11) is 0. The Morgan fingerprint density at radius 2 is 2.04 bits per heavy atom. The Balaban J connectivity index is 2.38. The van der Waals surface area contributed by atoms with Crippen molar-refractivity contribution in [2.45, 2.75) is 47.8 Å². The second-order valence-electron chi connectivity index (χ2n) is 6.17. The van der Waals surface area contributed by atoms with E-state index < -0.39 is 0 Å². The Labute approximate surface area is 142 Å². The van der Waals surface area contributed by atoms with Crippen LogP contribution in [0.3, 0.4) is 0 Å². The molecule has 0 radical (unpaired) electrons. The molecule has 0 aliphatic rings. The number of carbonyl (C=O) groups excluding carboxylic acids is 1. The summed E-state index contributed by atoms with van der Waals surface area (Å²) in [6.07, 6.45) is 0. The van der Waals surface area contributed by atoms with Crippen LogP contribution in [0.4, 0.5) is 5.82 Å². The minimum Gasteiger partial charge on any atom is -0.382 e. The number of nitrogen functional groups attached to an aromatic ring is 1. The lowest BCUT2D eigenvalue weighted by Crippen LogP contribution is -2.31. The molecule has 132 valence electrons. The van der Waals surface area contributed by atoms with Crippen LogP contribution < -0.4 is 11.1 Å². The number of anilines is 1. The van der Waals surface area contributed by atoms with Gasteiger partial charge in [-0.2, -0.15) is 0 Å². The van der Waals surface area contributed by atoms with Gasteiger partial charge in [-0.3, -0.25) is 4.79 Å². The Kier molecular flexibility index (Phi) is 5.77. The van der Waals surface area contributed by atoms with Gasteiger partial charge in [0, 0.05) is 31.3 Å². The van der Waals surface area contributed by atoms with Gasteiger partial charge in [-0.05, 0) is 26.3 Å². The lowest BCUT2D eigenvalue weighted by molar-refractivity contribution is -0.124. The number of pyridine rings is 1. The Morgan fingerprint density at radius 1 is 1.33 bits per heavy atom. The lowest BCUT2D eigenvalue weighted by Gasteiger charge is -2.13. The highest BCUT2D eigenvalue weighted by Gasteiger charge is 2.17. The van der Waals surface area contributed by atoms with Gasteiger partial charge in [0.05, 0.1) is 5.52 Å². The van der Waals surface area contributed by atoms with Crippen LogP contribution in [-0.4, -0.2) is 33.6 Å². The molecule has 24 heavy (non-hydrogen) atoms. The maximum absolute atomic E-state index is 11.8. The summed E-state index contributed by atoms with van der Waals surface area (Å²) >= 11 is 0. The van der Waals surface area contributed by atoms with Gasteiger partial charge in [0.25, 0.3) is 0 Å². The number of nitrogens with one attached hydrogen (secondary N) is 1. The number of nitrogens with zero attached hydrogens (tertiary/aromatic N) is 3. The number of nitrogens with two attached hydrogens (primary N) is 1. The average molecular weight is 333 g/mol. The second-order valence-corrected chi connectivity index (χ2v) is 6.17. The first-order chi connectivity index (χ1) is 11.4. The van der Waals surface area contributed by atoms with Crippen molar-refractivity contribution in [1.29, 1.82) is 0 Å². The summed E-state index contributed by atoms with van der Waals surface area (Å²) in [5, 5.41) is 2.94. The predicted molar refractivity (Wildman–Crippen MR) is 94.6 cm³/mol. The first kappa shape index (κ1) is 18.2. The molecule has 0 saturated heterocycles. The van der Waals surface area contributed by atoms with Crippen molar-refractivity contribution in [3.05, 3.63) is 17.1 Å². The molecule has 2 aromatic heterocycles. The summed E-state index contributed by atoms with van der Waals surface area (Å²) in [4.78, 5) is 20.8. The molecule has 0 saturated carbocycles. The van der Waals surface area contributed by atoms with E-state index in [0.29, 0.717) is 37.6 Å². The van der Waals surface area contributed by atoms with E-state index in [1.165, 1.54) is 0 Å². The maximum Gasteiger partial charge on any atom is 0.222 e. The largest absolute Gasteiger partial charge is 0.382 e. The average Bonchev–Trinajstić information content (AvgIpc) is 2.89. The van der Waals surface area contributed by atoms with E-state index in [1.54, 1.807) is 0 Å². The van der Waals surface area contributed by atoms with Crippen LogP contribution in [0.25, 0.3) is 11.0 Å². The molecule has 0 spiro atoms. The molecule has 7 heteroatoms. The quantitative estimate of drug-likeness (QED) is 0.807. The Morgan fingerprint density at radius 3 is 2.67 bits per heavy atom. The van der Waals surface area contributed by atoms with E-state index in [2.05, 4.69) is 19.9 Å². The van der Waals surface area contributed by atoms with E-state index in [-0.39, 0.29) is 11.8 Å². The summed E-state index contributed by atoms with van der Waals surface area (Å²) in [5.41, 5.74) is 9.65. The fourth-order valence-electron chi connectivity index (χ4n) is 2.59. The summed E-state index contributed by atoms with van der Waals surface area (Å²) in [5.74, 6) is 1.24. The van der Waals surface area contributed by atoms with E-state index in [4.69, 9.17) is 10.5 Å². The van der Waals surface area contributed by atoms with Crippen LogP contribution in [0.5, 0.6) is 0 Å². The van der Waals surface area contributed by atoms with Crippen LogP contribution >= 0.6 is 0 Å². The number of carbonyl (C=O) groups is 1. The van der Waals surface area contributed by atoms with Crippen LogP contribution in [0.1, 0.15) is 37.9 Å². The number of amides is 1. The van der Waals surface area contributed by atoms with E-state index in [9.17, 15) is 4.79 Å². The number of aromatic nitrogens is 3. The molecule has 2 rings (SSSR count). The molecule has 0 fully saturated rings. The van der Waals surface area contributed by atoms with Gasteiger partial charge in [0.1, 0.15) is 17.9 Å². The van der Waals surface area contributed by atoms with Gasteiger partial charge in [-0.1, -0.05) is 13.8 Å². The highest BCUT2D eigenvalue weighted by Crippen LogP contribution is 2.26. The van der Waals surface area contributed by atoms with Gasteiger partial charge in [-0.25, -0.2) is 9.97 Å². The maximum atomic E-state index is 11.8. The first-order valence-electron chi connectivity index (χ1n) is 8.34. The molecule has 0 aliphatic heterocycles. The van der Waals surface area contributed by atoms with Crippen molar-refractivity contribution in [2.24, 2.45) is 5.92 Å². The SMILES string of the molecule is CCOCc1nc2c(N)nc(C)c(C)c2n1CCNC(=O)C(C)C. The number of imidazole rings is 1. The summed E-state index contributed by atoms with van der Waals surface area (Å²) in [6.45, 7) is 11.8. The predicted octanol–water partition coefficient (Wildman–Crippen LogP) is 1.94. The molecule has 7 nitrogen and oxygen atoms in total. The van der Waals surface area contributed by atoms with Crippen LogP contribution in [0, 0.1) is 19.8 Å². The van der Waals surface area contributed by atoms with Gasteiger partial charge >= 0.3 is 0 Å². The number of hydrogen-bond acceptors (Lipinski definition) is 5. The molecule has 0 aliphatic carbocycles. The number of ether oxygens (including phenoxy) is 1. The molecule has 2 heterocycles. The molecule has 0 unspecified atom stereocenters. The molecular formula is C17H27N5O2. The summed E-state index contributed by atoms with van der Waals surface area (Å²) in [6, 6.07) is 0. The summed E-state index contributed by atoms with van der Waals surface area (Å²) < 4.78 is 7.61. The molecular weight excluding hydrogens is 306 g/mol. The van der Waals surface area contributed by atoms with Crippen molar-refractivity contribution in [1.82, 2.24) is 19.9 Å². The van der Waals surface area contributed by atoms with Crippen molar-refractivity contribution in [3.8, 4) is 0 Å². The fraction of sp³-hybridized carbons (Fsp3) is 0.588. The third-order valence-corrected chi connectivity index (χ3v) is 4.07. The van der Waals surface area contributed by atoms with E-state index in [0.717, 1.165) is 22.6 Å². The zero-order valence-electron chi connectivity index (χ0n) is 15.1. The van der Waals surface area contributed by atoms with Gasteiger partial charge < -0.3 is 20.4 Å². The van der Waals surface area contributed by atoms with Crippen LogP contribution in [0.15, 0.2) is 0 Å². The van der Waals surface area contributed by atoms with E-state index in [1.807, 2.05) is 34.6 Å². The number of hydrogen-bond donors (Lipinski definition) is 2. The van der Waals surface area contributed by atoms with Crippen molar-refractivity contribution in [2.75, 3.05) is 18.9 Å². The Bertz CT molecular complexity index is 736. The fourth-order valence-corrected chi connectivity index (χ4v) is 2.59. The molecule has 0 aromatic carbocycles. The molecule has 2 aromatic rings. The van der Waals surface area contributed by atoms with Crippen molar-refractivity contribution >= 4 is 22.8 Å². The molecule has 1 amide bonds. The third kappa shape index (κ3) is 3.67. The highest BCUT2D eigenvalue weighted by molar-refractivity contribution is 5.88. The van der Waals surface area contributed by atoms with E-state index >= 15 is 0 Å². The number of aryl methyl sites for hydroxylation is 2. The van der Waals surface area contributed by atoms with Crippen molar-refractivity contribution in [3.63, 3.8) is 0 Å². The number of rotatable bonds is 7. The van der Waals surface area contributed by atoms with Gasteiger partial charge in [-0.15, -0.1) is 0 Å². The van der Waals surface area contributed by atoms with Crippen molar-refractivity contribution < 1.29 is 9.53 Å². The highest BCUT2D eigenvalue weighted by atomic mass is 16.5. The molecule has 0 bridgehead atoms. The minimum atomic E-state index is -0.0312. The normalized spacial score (nSPS) is 11.4. The second kappa shape index (κ2) is 7.61. The standard InChI is InChI=1S/C17H27N5O2/c1-6-24-9-13-21-14-15(11(4)12(5)20-16(14)18)22(13)8-7-19-17(23)10(2)3/h10H,6-9H2,1-5H3,(H2,18,20)(H,19,23). The van der Waals surface area contributed by atoms with Crippen LogP contribution in [-0.2, 0) is 22.7 Å². The zero-order chi connectivity index (χ0) is 17.9. The Hall–Kier alpha value is -2.15. The third-order valence-electron chi connectivity index (χ3n) is 4.07. The first-order valence-corrected chi connectivity index (χ1v) is 8.34. The van der Waals surface area contributed by atoms with Gasteiger partial charge in [0.15, 0.2) is 5.82 Å². The van der Waals surface area contributed by atoms with Crippen LogP contribution in [0.2, 0.25) is 0 Å². The van der Waals surface area contributed by atoms with Gasteiger partial charge in [0.2, 0.25) is 5.91 Å². The smallest absolute Gasteiger partial charge is 0.222 e. The zero-order valence-corrected chi connectivity index (χ0v) is 15.1. The number of fused-ring (bicyclic) bond motifs is 1. The molecule has 3 N–H and O–H groups in total. The monoisotopic (exact) mass is 333 g/mol. The minimum absolute atomic E-state index is 0.0312. The topological polar surface area (TPSA) is 95.1 Å².